The van der Waals surface area contributed by atoms with Crippen molar-refractivity contribution in [3.8, 4) is 11.5 Å². The second-order valence-corrected chi connectivity index (χ2v) is 9.18. The lowest BCUT2D eigenvalue weighted by Crippen LogP contribution is -2.23. The fourth-order valence-corrected chi connectivity index (χ4v) is 5.18. The smallest absolute Gasteiger partial charge is 0.237 e. The van der Waals surface area contributed by atoms with E-state index in [0.29, 0.717) is 30.4 Å². The number of thioether (sulfide) groups is 1. The fourth-order valence-electron chi connectivity index (χ4n) is 2.99. The quantitative estimate of drug-likeness (QED) is 0.499. The molecule has 146 valence electrons. The minimum absolute atomic E-state index is 0.0873. The summed E-state index contributed by atoms with van der Waals surface area (Å²) in [6.45, 7) is 8.99. The van der Waals surface area contributed by atoms with E-state index in [2.05, 4.69) is 29.1 Å². The summed E-state index contributed by atoms with van der Waals surface area (Å²) >= 11 is 3.13. The van der Waals surface area contributed by atoms with Gasteiger partial charge in [0.1, 0.15) is 28.9 Å². The third-order valence-electron chi connectivity index (χ3n) is 4.57. The molecule has 1 atom stereocenters. The Morgan fingerprint density at radius 1 is 1.18 bits per heavy atom. The minimum atomic E-state index is -0.315. The van der Waals surface area contributed by atoms with Crippen molar-refractivity contribution in [3.63, 3.8) is 0 Å². The Labute approximate surface area is 171 Å². The van der Waals surface area contributed by atoms with Gasteiger partial charge in [-0.25, -0.2) is 9.97 Å². The summed E-state index contributed by atoms with van der Waals surface area (Å²) in [5, 5.41) is 4.55. The first kappa shape index (κ1) is 19.0. The Balaban J connectivity index is 1.53. The topological polar surface area (TPSA) is 73.3 Å². The van der Waals surface area contributed by atoms with Crippen LogP contribution >= 0.6 is 23.1 Å². The molecule has 28 heavy (non-hydrogen) atoms. The fraction of sp³-hybridized carbons (Fsp3) is 0.350. The molecule has 6 nitrogen and oxygen atoms in total. The average molecular weight is 416 g/mol. The van der Waals surface area contributed by atoms with Crippen LogP contribution < -0.4 is 14.8 Å². The molecule has 0 saturated heterocycles. The van der Waals surface area contributed by atoms with Gasteiger partial charge in [-0.3, -0.25) is 4.79 Å². The zero-order valence-electron chi connectivity index (χ0n) is 16.2. The number of aromatic nitrogens is 2. The van der Waals surface area contributed by atoms with E-state index in [1.807, 2.05) is 26.0 Å². The largest absolute Gasteiger partial charge is 0.486 e. The van der Waals surface area contributed by atoms with Gasteiger partial charge in [-0.05, 0) is 45.4 Å². The van der Waals surface area contributed by atoms with E-state index in [0.717, 1.165) is 21.1 Å². The Morgan fingerprint density at radius 2 is 1.93 bits per heavy atom. The number of carbonyl (C=O) groups excluding carboxylic acids is 1. The number of nitrogens with one attached hydrogen (secondary N) is 1. The Kier molecular flexibility index (Phi) is 5.16. The van der Waals surface area contributed by atoms with Crippen LogP contribution in [0.5, 0.6) is 11.5 Å². The summed E-state index contributed by atoms with van der Waals surface area (Å²) in [7, 11) is 0. The van der Waals surface area contributed by atoms with Crippen LogP contribution in [0.1, 0.15) is 23.2 Å². The molecule has 0 aliphatic carbocycles. The van der Waals surface area contributed by atoms with Crippen LogP contribution in [0.15, 0.2) is 23.2 Å². The van der Waals surface area contributed by atoms with Crippen LogP contribution in [0.3, 0.4) is 0 Å². The van der Waals surface area contributed by atoms with Crippen molar-refractivity contribution in [1.29, 1.82) is 0 Å². The molecule has 2 aromatic heterocycles. The second-order valence-electron chi connectivity index (χ2n) is 6.65. The lowest BCUT2D eigenvalue weighted by atomic mass is 10.2. The Hall–Kier alpha value is -2.32. The van der Waals surface area contributed by atoms with E-state index < -0.39 is 0 Å². The number of rotatable bonds is 4. The van der Waals surface area contributed by atoms with Gasteiger partial charge in [0, 0.05) is 22.0 Å². The van der Waals surface area contributed by atoms with Gasteiger partial charge < -0.3 is 14.8 Å². The van der Waals surface area contributed by atoms with Crippen molar-refractivity contribution in [1.82, 2.24) is 9.97 Å². The van der Waals surface area contributed by atoms with Gasteiger partial charge in [0.05, 0.1) is 5.25 Å². The Morgan fingerprint density at radius 3 is 2.71 bits per heavy atom. The summed E-state index contributed by atoms with van der Waals surface area (Å²) < 4.78 is 11.1. The lowest BCUT2D eigenvalue weighted by Gasteiger charge is -2.19. The number of aryl methyl sites for hydroxylation is 3. The zero-order chi connectivity index (χ0) is 19.8. The highest BCUT2D eigenvalue weighted by Gasteiger charge is 2.21. The first-order valence-corrected chi connectivity index (χ1v) is 10.7. The molecule has 1 N–H and O–H groups in total. The first-order valence-electron chi connectivity index (χ1n) is 9.04. The van der Waals surface area contributed by atoms with Crippen LogP contribution in [-0.4, -0.2) is 34.3 Å². The molecule has 4 rings (SSSR count). The van der Waals surface area contributed by atoms with Crippen molar-refractivity contribution >= 4 is 44.9 Å². The SMILES string of the molecule is Cc1nc(SC(C)C(=O)Nc2ccc3c(c2)OCCO3)c2c(C)c(C)sc2n1. The van der Waals surface area contributed by atoms with E-state index in [9.17, 15) is 4.79 Å². The third-order valence-corrected chi connectivity index (χ3v) is 6.76. The molecule has 0 radical (unpaired) electrons. The molecule has 1 aromatic carbocycles. The minimum Gasteiger partial charge on any atom is -0.486 e. The van der Waals surface area contributed by atoms with Crippen LogP contribution in [0.2, 0.25) is 0 Å². The number of fused-ring (bicyclic) bond motifs is 2. The van der Waals surface area contributed by atoms with E-state index >= 15 is 0 Å². The number of hydrogen-bond acceptors (Lipinski definition) is 7. The number of amides is 1. The van der Waals surface area contributed by atoms with Crippen LogP contribution in [0.4, 0.5) is 5.69 Å². The second kappa shape index (κ2) is 7.60. The van der Waals surface area contributed by atoms with E-state index in [1.54, 1.807) is 17.4 Å². The molecule has 8 heteroatoms. The highest BCUT2D eigenvalue weighted by Crippen LogP contribution is 2.37. The average Bonchev–Trinajstić information content (AvgIpc) is 2.95. The summed E-state index contributed by atoms with van der Waals surface area (Å²) in [5.41, 5.74) is 1.87. The normalized spacial score (nSPS) is 14.1. The standard InChI is InChI=1S/C20H21N3O3S2/c1-10-11(2)27-19-17(10)20(22-13(4)21-19)28-12(3)18(24)23-14-5-6-15-16(9-14)26-8-7-25-15/h5-6,9,12H,7-8H2,1-4H3,(H,23,24). The zero-order valence-corrected chi connectivity index (χ0v) is 17.8. The molecule has 3 aromatic rings. The van der Waals surface area contributed by atoms with Gasteiger partial charge >= 0.3 is 0 Å². The summed E-state index contributed by atoms with van der Waals surface area (Å²) in [4.78, 5) is 24.1. The van der Waals surface area contributed by atoms with Gasteiger partial charge in [-0.1, -0.05) is 11.8 Å². The molecular weight excluding hydrogens is 394 g/mol. The van der Waals surface area contributed by atoms with Crippen LogP contribution in [0, 0.1) is 20.8 Å². The number of nitrogens with zero attached hydrogens (tertiary/aromatic N) is 2. The summed E-state index contributed by atoms with van der Waals surface area (Å²) in [6.07, 6.45) is 0. The summed E-state index contributed by atoms with van der Waals surface area (Å²) in [6, 6.07) is 5.43. The highest BCUT2D eigenvalue weighted by atomic mass is 32.2. The van der Waals surface area contributed by atoms with Crippen LogP contribution in [-0.2, 0) is 4.79 Å². The van der Waals surface area contributed by atoms with Gasteiger partial charge in [0.25, 0.3) is 0 Å². The number of thiophene rings is 1. The molecule has 1 unspecified atom stereocenters. The predicted molar refractivity (Wildman–Crippen MR) is 113 cm³/mol. The molecule has 0 fully saturated rings. The summed E-state index contributed by atoms with van der Waals surface area (Å²) in [5.74, 6) is 1.99. The highest BCUT2D eigenvalue weighted by molar-refractivity contribution is 8.00. The first-order chi connectivity index (χ1) is 13.4. The number of benzene rings is 1. The molecule has 1 aliphatic heterocycles. The molecule has 0 spiro atoms. The predicted octanol–water partition coefficient (Wildman–Crippen LogP) is 4.51. The van der Waals surface area contributed by atoms with E-state index in [4.69, 9.17) is 9.47 Å². The van der Waals surface area contributed by atoms with Gasteiger partial charge in [-0.15, -0.1) is 11.3 Å². The van der Waals surface area contributed by atoms with Crippen molar-refractivity contribution in [2.75, 3.05) is 18.5 Å². The number of carbonyl (C=O) groups is 1. The van der Waals surface area contributed by atoms with Gasteiger partial charge in [0.15, 0.2) is 11.5 Å². The van der Waals surface area contributed by atoms with Gasteiger partial charge in [0.2, 0.25) is 5.91 Å². The van der Waals surface area contributed by atoms with E-state index in [1.165, 1.54) is 22.2 Å². The van der Waals surface area contributed by atoms with Crippen molar-refractivity contribution in [2.24, 2.45) is 0 Å². The number of anilines is 1. The van der Waals surface area contributed by atoms with Crippen molar-refractivity contribution in [3.05, 3.63) is 34.5 Å². The molecule has 1 amide bonds. The molecule has 3 heterocycles. The maximum absolute atomic E-state index is 12.8. The van der Waals surface area contributed by atoms with Gasteiger partial charge in [-0.2, -0.15) is 0 Å². The van der Waals surface area contributed by atoms with Crippen LogP contribution in [0.25, 0.3) is 10.2 Å². The molecule has 0 saturated carbocycles. The monoisotopic (exact) mass is 415 g/mol. The number of ether oxygens (including phenoxy) is 2. The van der Waals surface area contributed by atoms with Crippen molar-refractivity contribution in [2.45, 2.75) is 38.0 Å². The maximum Gasteiger partial charge on any atom is 0.237 e. The third kappa shape index (κ3) is 3.66. The van der Waals surface area contributed by atoms with E-state index in [-0.39, 0.29) is 11.2 Å². The maximum atomic E-state index is 12.8. The number of hydrogen-bond donors (Lipinski definition) is 1. The molecular formula is C20H21N3O3S2. The lowest BCUT2D eigenvalue weighted by molar-refractivity contribution is -0.115. The molecule has 1 aliphatic rings. The Bertz CT molecular complexity index is 1060. The molecule has 0 bridgehead atoms. The van der Waals surface area contributed by atoms with Crippen molar-refractivity contribution < 1.29 is 14.3 Å².